The molecule has 2 N–H and O–H groups in total. The summed E-state index contributed by atoms with van der Waals surface area (Å²) in [6, 6.07) is 28.2. The Balaban J connectivity index is 1.59. The number of hydrogen-bond acceptors (Lipinski definition) is 3. The van der Waals surface area contributed by atoms with Crippen LogP contribution in [0.15, 0.2) is 97.6 Å². The van der Waals surface area contributed by atoms with Crippen LogP contribution in [0.3, 0.4) is 0 Å². The molecule has 4 heteroatoms. The molecule has 4 rings (SSSR count). The Labute approximate surface area is 169 Å². The van der Waals surface area contributed by atoms with Crippen molar-refractivity contribution in [2.45, 2.75) is 6.54 Å². The molecule has 0 atom stereocenters. The third-order valence-corrected chi connectivity index (χ3v) is 4.66. The molecule has 1 heterocycles. The van der Waals surface area contributed by atoms with Crippen LogP contribution in [0, 0.1) is 0 Å². The van der Waals surface area contributed by atoms with Crippen LogP contribution in [0.25, 0.3) is 22.0 Å². The molecule has 0 spiro atoms. The largest absolute Gasteiger partial charge is 0.366 e. The fraction of sp³-hybridized carbons (Fsp3) is 0.0400. The Kier molecular flexibility index (Phi) is 5.34. The predicted molar refractivity (Wildman–Crippen MR) is 120 cm³/mol. The minimum absolute atomic E-state index is 0.225. The lowest BCUT2D eigenvalue weighted by molar-refractivity contribution is -0.111. The summed E-state index contributed by atoms with van der Waals surface area (Å²) >= 11 is 0. The van der Waals surface area contributed by atoms with Gasteiger partial charge < -0.3 is 10.6 Å². The summed E-state index contributed by atoms with van der Waals surface area (Å²) in [6.45, 7) is 4.21. The number of carbonyl (C=O) groups excluding carboxylic acids is 1. The molecule has 0 aliphatic heterocycles. The zero-order valence-electron chi connectivity index (χ0n) is 15.9. The molecule has 4 aromatic rings. The van der Waals surface area contributed by atoms with E-state index in [0.29, 0.717) is 0 Å². The van der Waals surface area contributed by atoms with Gasteiger partial charge in [-0.05, 0) is 53.1 Å². The predicted octanol–water partition coefficient (Wildman–Crippen LogP) is 5.64. The average molecular weight is 379 g/mol. The number of anilines is 2. The van der Waals surface area contributed by atoms with Gasteiger partial charge in [-0.15, -0.1) is 0 Å². The summed E-state index contributed by atoms with van der Waals surface area (Å²) in [5.41, 5.74) is 4.92. The number of aromatic nitrogens is 1. The van der Waals surface area contributed by atoms with Crippen molar-refractivity contribution in [2.24, 2.45) is 0 Å². The number of amides is 1. The number of hydrogen-bond donors (Lipinski definition) is 2. The van der Waals surface area contributed by atoms with Gasteiger partial charge in [-0.25, -0.2) is 4.98 Å². The number of fused-ring (bicyclic) bond motifs is 1. The first-order valence-corrected chi connectivity index (χ1v) is 9.44. The van der Waals surface area contributed by atoms with Crippen molar-refractivity contribution in [3.05, 3.63) is 103 Å². The Hall–Kier alpha value is -3.92. The molecule has 0 aliphatic rings. The Morgan fingerprint density at radius 1 is 0.897 bits per heavy atom. The van der Waals surface area contributed by atoms with Crippen molar-refractivity contribution in [1.29, 1.82) is 0 Å². The van der Waals surface area contributed by atoms with Crippen LogP contribution < -0.4 is 10.6 Å². The minimum Gasteiger partial charge on any atom is -0.366 e. The first-order valence-electron chi connectivity index (χ1n) is 9.44. The lowest BCUT2D eigenvalue weighted by Crippen LogP contribution is -2.06. The maximum atomic E-state index is 11.6. The number of pyridine rings is 1. The van der Waals surface area contributed by atoms with Gasteiger partial charge in [-0.2, -0.15) is 0 Å². The Bertz CT molecular complexity index is 1170. The van der Waals surface area contributed by atoms with E-state index in [1.165, 1.54) is 11.6 Å². The van der Waals surface area contributed by atoms with E-state index >= 15 is 0 Å². The minimum atomic E-state index is -0.225. The van der Waals surface area contributed by atoms with Gasteiger partial charge in [0.25, 0.3) is 0 Å². The smallest absolute Gasteiger partial charge is 0.247 e. The van der Waals surface area contributed by atoms with Crippen molar-refractivity contribution >= 4 is 28.3 Å². The van der Waals surface area contributed by atoms with Gasteiger partial charge >= 0.3 is 0 Å². The molecular formula is C25H21N3O. The van der Waals surface area contributed by atoms with Crippen molar-refractivity contribution < 1.29 is 4.79 Å². The fourth-order valence-corrected chi connectivity index (χ4v) is 3.15. The molecule has 142 valence electrons. The highest BCUT2D eigenvalue weighted by molar-refractivity contribution is 5.99. The van der Waals surface area contributed by atoms with Crippen LogP contribution in [-0.2, 0) is 11.3 Å². The van der Waals surface area contributed by atoms with Crippen LogP contribution in [0.2, 0.25) is 0 Å². The highest BCUT2D eigenvalue weighted by atomic mass is 16.1. The van der Waals surface area contributed by atoms with E-state index in [-0.39, 0.29) is 5.91 Å². The second kappa shape index (κ2) is 8.40. The van der Waals surface area contributed by atoms with E-state index in [1.54, 1.807) is 0 Å². The van der Waals surface area contributed by atoms with Crippen LogP contribution in [0.1, 0.15) is 5.56 Å². The van der Waals surface area contributed by atoms with Gasteiger partial charge in [-0.1, -0.05) is 61.2 Å². The molecule has 1 aromatic heterocycles. The average Bonchev–Trinajstić information content (AvgIpc) is 2.78. The Morgan fingerprint density at radius 3 is 2.52 bits per heavy atom. The van der Waals surface area contributed by atoms with E-state index < -0.39 is 0 Å². The lowest BCUT2D eigenvalue weighted by Gasteiger charge is -2.09. The quantitative estimate of drug-likeness (QED) is 0.426. The Morgan fingerprint density at radius 2 is 1.69 bits per heavy atom. The van der Waals surface area contributed by atoms with Gasteiger partial charge in [0.15, 0.2) is 0 Å². The molecule has 4 nitrogen and oxygen atoms in total. The molecular weight excluding hydrogens is 358 g/mol. The van der Waals surface area contributed by atoms with Gasteiger partial charge in [0, 0.05) is 17.6 Å². The van der Waals surface area contributed by atoms with Crippen molar-refractivity contribution in [3.63, 3.8) is 0 Å². The van der Waals surface area contributed by atoms with Gasteiger partial charge in [-0.3, -0.25) is 4.79 Å². The third kappa shape index (κ3) is 4.50. The van der Waals surface area contributed by atoms with Crippen molar-refractivity contribution in [1.82, 2.24) is 4.98 Å². The molecule has 29 heavy (non-hydrogen) atoms. The van der Waals surface area contributed by atoms with Crippen molar-refractivity contribution in [2.75, 3.05) is 10.6 Å². The summed E-state index contributed by atoms with van der Waals surface area (Å²) in [6.07, 6.45) is 1.26. The maximum absolute atomic E-state index is 11.6. The highest BCUT2D eigenvalue weighted by Crippen LogP contribution is 2.26. The third-order valence-electron chi connectivity index (χ3n) is 4.66. The summed E-state index contributed by atoms with van der Waals surface area (Å²) in [4.78, 5) is 16.3. The number of rotatable bonds is 6. The first-order chi connectivity index (χ1) is 14.2. The fourth-order valence-electron chi connectivity index (χ4n) is 3.15. The van der Waals surface area contributed by atoms with Gasteiger partial charge in [0.1, 0.15) is 5.82 Å². The van der Waals surface area contributed by atoms with Crippen molar-refractivity contribution in [3.8, 4) is 11.1 Å². The molecule has 0 saturated carbocycles. The summed E-state index contributed by atoms with van der Waals surface area (Å²) in [5, 5.41) is 7.26. The second-order valence-corrected chi connectivity index (χ2v) is 6.72. The summed E-state index contributed by atoms with van der Waals surface area (Å²) < 4.78 is 0. The molecule has 3 aromatic carbocycles. The topological polar surface area (TPSA) is 54.0 Å². The number of benzene rings is 3. The molecule has 0 fully saturated rings. The first kappa shape index (κ1) is 18.4. The van der Waals surface area contributed by atoms with Gasteiger partial charge in [0.05, 0.1) is 5.52 Å². The monoisotopic (exact) mass is 379 g/mol. The van der Waals surface area contributed by atoms with Crippen LogP contribution in [-0.4, -0.2) is 10.9 Å². The summed E-state index contributed by atoms with van der Waals surface area (Å²) in [5.74, 6) is 0.613. The lowest BCUT2D eigenvalue weighted by atomic mass is 10.0. The SMILES string of the molecule is C=CC(=O)Nc1cccc(-c2ccc3ccc(NCc4ccccc4)nc3c2)c1. The number of nitrogens with zero attached hydrogens (tertiary/aromatic N) is 1. The molecule has 0 radical (unpaired) electrons. The molecule has 0 aliphatic carbocycles. The summed E-state index contributed by atoms with van der Waals surface area (Å²) in [7, 11) is 0. The zero-order chi connectivity index (χ0) is 20.1. The number of nitrogens with one attached hydrogen (secondary N) is 2. The van der Waals surface area contributed by atoms with E-state index in [0.717, 1.165) is 40.1 Å². The highest BCUT2D eigenvalue weighted by Gasteiger charge is 2.05. The maximum Gasteiger partial charge on any atom is 0.247 e. The number of carbonyl (C=O) groups is 1. The van der Waals surface area contributed by atoms with Crippen LogP contribution >= 0.6 is 0 Å². The zero-order valence-corrected chi connectivity index (χ0v) is 15.9. The van der Waals surface area contributed by atoms with E-state index in [9.17, 15) is 4.79 Å². The normalized spacial score (nSPS) is 10.5. The molecule has 0 unspecified atom stereocenters. The van der Waals surface area contributed by atoms with Crippen LogP contribution in [0.4, 0.5) is 11.5 Å². The molecule has 0 bridgehead atoms. The van der Waals surface area contributed by atoms with E-state index in [4.69, 9.17) is 4.98 Å². The van der Waals surface area contributed by atoms with E-state index in [2.05, 4.69) is 53.6 Å². The van der Waals surface area contributed by atoms with E-state index in [1.807, 2.05) is 48.5 Å². The van der Waals surface area contributed by atoms with Gasteiger partial charge in [0.2, 0.25) is 5.91 Å². The second-order valence-electron chi connectivity index (χ2n) is 6.72. The van der Waals surface area contributed by atoms with Crippen LogP contribution in [0.5, 0.6) is 0 Å². The molecule has 1 amide bonds. The standard InChI is InChI=1S/C25H21N3O/c1-2-25(29)27-22-10-6-9-20(15-22)21-12-11-19-13-14-24(28-23(19)16-21)26-17-18-7-4-3-5-8-18/h2-16H,1,17H2,(H,26,28)(H,27,29). The molecule has 0 saturated heterocycles.